The molecule has 10 heteroatoms. The van der Waals surface area contributed by atoms with Gasteiger partial charge in [0, 0.05) is 11.1 Å². The van der Waals surface area contributed by atoms with Crippen molar-refractivity contribution in [2.45, 2.75) is 4.90 Å². The Balaban J connectivity index is 2.06. The van der Waals surface area contributed by atoms with Crippen LogP contribution < -0.4 is 10.9 Å². The number of nitrogens with two attached hydrogens (primary N) is 2. The molecular formula is C13H11N5O3S2. The largest absolute Gasteiger partial charge is 0.506 e. The number of nitrogen functional groups attached to an aromatic ring is 1. The van der Waals surface area contributed by atoms with Crippen LogP contribution in [0.2, 0.25) is 0 Å². The summed E-state index contributed by atoms with van der Waals surface area (Å²) < 4.78 is 27.0. The maximum atomic E-state index is 11.4. The van der Waals surface area contributed by atoms with Gasteiger partial charge in [0.05, 0.1) is 10.4 Å². The fraction of sp³-hybridized carbons (Fsp3) is 0. The number of aromatic hydroxyl groups is 1. The van der Waals surface area contributed by atoms with Crippen LogP contribution in [0.25, 0.3) is 10.9 Å². The van der Waals surface area contributed by atoms with Gasteiger partial charge in [-0.3, -0.25) is 0 Å². The average molecular weight is 349 g/mol. The topological polar surface area (TPSA) is 144 Å². The van der Waals surface area contributed by atoms with Gasteiger partial charge in [-0.05, 0) is 47.9 Å². The molecule has 0 saturated carbocycles. The van der Waals surface area contributed by atoms with Crippen LogP contribution in [-0.4, -0.2) is 17.9 Å². The Bertz CT molecular complexity index is 1030. The number of aromatic nitrogens is 1. The number of fused-ring (bicyclic) bond motifs is 1. The molecule has 0 saturated heterocycles. The number of phenolic OH excluding ortho intramolecular Hbond substituents is 1. The lowest BCUT2D eigenvalue weighted by atomic mass is 10.2. The van der Waals surface area contributed by atoms with E-state index in [0.29, 0.717) is 21.6 Å². The Morgan fingerprint density at radius 3 is 2.65 bits per heavy atom. The van der Waals surface area contributed by atoms with E-state index in [1.54, 1.807) is 6.07 Å². The molecule has 0 amide bonds. The van der Waals surface area contributed by atoms with E-state index in [-0.39, 0.29) is 16.3 Å². The number of sulfonamides is 1. The molecule has 2 aromatic carbocycles. The Hall–Kier alpha value is -2.56. The Morgan fingerprint density at radius 1 is 1.13 bits per heavy atom. The summed E-state index contributed by atoms with van der Waals surface area (Å²) >= 11 is 1.05. The highest BCUT2D eigenvalue weighted by Crippen LogP contribution is 2.35. The number of phenols is 1. The Kier molecular flexibility index (Phi) is 3.72. The summed E-state index contributed by atoms with van der Waals surface area (Å²) in [6.45, 7) is 0. The van der Waals surface area contributed by atoms with Crippen molar-refractivity contribution in [2.24, 2.45) is 15.4 Å². The number of hydrogen-bond acceptors (Lipinski definition) is 8. The van der Waals surface area contributed by atoms with Crippen molar-refractivity contribution >= 4 is 48.8 Å². The van der Waals surface area contributed by atoms with Gasteiger partial charge >= 0.3 is 0 Å². The summed E-state index contributed by atoms with van der Waals surface area (Å²) in [5.41, 5.74) is 6.84. The quantitative estimate of drug-likeness (QED) is 0.378. The van der Waals surface area contributed by atoms with E-state index < -0.39 is 10.0 Å². The monoisotopic (exact) mass is 349 g/mol. The Morgan fingerprint density at radius 2 is 1.91 bits per heavy atom. The van der Waals surface area contributed by atoms with Gasteiger partial charge in [0.15, 0.2) is 5.00 Å². The molecule has 0 aliphatic heterocycles. The molecule has 0 unspecified atom stereocenters. The highest BCUT2D eigenvalue weighted by Gasteiger charge is 2.12. The van der Waals surface area contributed by atoms with Crippen LogP contribution in [0.1, 0.15) is 0 Å². The molecule has 0 fully saturated rings. The fourth-order valence-corrected chi connectivity index (χ4v) is 3.10. The first-order chi connectivity index (χ1) is 10.8. The second-order valence-corrected chi connectivity index (χ2v) is 6.97. The van der Waals surface area contributed by atoms with Crippen LogP contribution in [0, 0.1) is 0 Å². The third-order valence-corrected chi connectivity index (χ3v) is 4.68. The number of primary sulfonamides is 1. The van der Waals surface area contributed by atoms with Gasteiger partial charge in [-0.15, -0.1) is 10.2 Å². The van der Waals surface area contributed by atoms with Gasteiger partial charge in [0.1, 0.15) is 11.4 Å². The molecule has 5 N–H and O–H groups in total. The SMILES string of the molecule is Nc1ccc(O)c(N=Nc2snc3ccc(S(N)(=O)=O)cc23)c1. The summed E-state index contributed by atoms with van der Waals surface area (Å²) in [6, 6.07) is 8.73. The zero-order chi connectivity index (χ0) is 16.6. The minimum absolute atomic E-state index is 0.0338. The molecule has 3 aromatic rings. The summed E-state index contributed by atoms with van der Waals surface area (Å²) in [5.74, 6) is -0.0676. The van der Waals surface area contributed by atoms with Crippen molar-refractivity contribution in [3.8, 4) is 5.75 Å². The first-order valence-electron chi connectivity index (χ1n) is 6.27. The zero-order valence-corrected chi connectivity index (χ0v) is 13.2. The summed E-state index contributed by atoms with van der Waals surface area (Å²) in [5, 5.41) is 23.7. The van der Waals surface area contributed by atoms with Gasteiger partial charge in [0.2, 0.25) is 10.0 Å². The first kappa shape index (κ1) is 15.3. The highest BCUT2D eigenvalue weighted by atomic mass is 32.2. The number of anilines is 1. The number of nitrogens with zero attached hydrogens (tertiary/aromatic N) is 3. The summed E-state index contributed by atoms with van der Waals surface area (Å²) in [7, 11) is -3.82. The normalized spacial score (nSPS) is 12.2. The van der Waals surface area contributed by atoms with Crippen LogP contribution in [0.4, 0.5) is 16.4 Å². The van der Waals surface area contributed by atoms with Crippen molar-refractivity contribution in [1.82, 2.24) is 4.37 Å². The van der Waals surface area contributed by atoms with Crippen molar-refractivity contribution < 1.29 is 13.5 Å². The summed E-state index contributed by atoms with van der Waals surface area (Å²) in [4.78, 5) is -0.0338. The van der Waals surface area contributed by atoms with E-state index in [4.69, 9.17) is 10.9 Å². The lowest BCUT2D eigenvalue weighted by Gasteiger charge is -1.99. The van der Waals surface area contributed by atoms with Crippen molar-refractivity contribution in [3.05, 3.63) is 36.4 Å². The number of azo groups is 1. The minimum Gasteiger partial charge on any atom is -0.506 e. The predicted octanol–water partition coefficient (Wildman–Crippen LogP) is 2.65. The molecule has 3 rings (SSSR count). The molecule has 0 aliphatic rings. The van der Waals surface area contributed by atoms with Crippen molar-refractivity contribution in [2.75, 3.05) is 5.73 Å². The third-order valence-electron chi connectivity index (χ3n) is 3.01. The van der Waals surface area contributed by atoms with E-state index in [0.717, 1.165) is 11.5 Å². The minimum atomic E-state index is -3.82. The van der Waals surface area contributed by atoms with E-state index in [1.807, 2.05) is 0 Å². The molecule has 118 valence electrons. The van der Waals surface area contributed by atoms with E-state index >= 15 is 0 Å². The molecule has 0 atom stereocenters. The van der Waals surface area contributed by atoms with Gasteiger partial charge < -0.3 is 10.8 Å². The fourth-order valence-electron chi connectivity index (χ4n) is 1.88. The molecule has 8 nitrogen and oxygen atoms in total. The molecule has 0 bridgehead atoms. The second-order valence-electron chi connectivity index (χ2n) is 4.66. The predicted molar refractivity (Wildman–Crippen MR) is 87.7 cm³/mol. The van der Waals surface area contributed by atoms with Crippen molar-refractivity contribution in [1.29, 1.82) is 0 Å². The van der Waals surface area contributed by atoms with Gasteiger partial charge in [0.25, 0.3) is 0 Å². The van der Waals surface area contributed by atoms with Gasteiger partial charge in [-0.2, -0.15) is 4.37 Å². The zero-order valence-electron chi connectivity index (χ0n) is 11.5. The van der Waals surface area contributed by atoms with E-state index in [9.17, 15) is 13.5 Å². The average Bonchev–Trinajstić information content (AvgIpc) is 2.89. The molecule has 0 spiro atoms. The highest BCUT2D eigenvalue weighted by molar-refractivity contribution is 7.89. The van der Waals surface area contributed by atoms with Crippen LogP contribution in [0.15, 0.2) is 51.5 Å². The smallest absolute Gasteiger partial charge is 0.238 e. The standard InChI is InChI=1S/C13H11N5O3S2/c14-7-1-4-12(19)11(5-7)16-17-13-9-6-8(23(15,20)21)2-3-10(9)18-22-13/h1-6,19H,14H2,(H2,15,20,21). The van der Waals surface area contributed by atoms with Crippen molar-refractivity contribution in [3.63, 3.8) is 0 Å². The molecule has 0 radical (unpaired) electrons. The maximum Gasteiger partial charge on any atom is 0.238 e. The van der Waals surface area contributed by atoms with E-state index in [1.165, 1.54) is 30.3 Å². The van der Waals surface area contributed by atoms with Crippen LogP contribution >= 0.6 is 11.5 Å². The summed E-state index contributed by atoms with van der Waals surface area (Å²) in [6.07, 6.45) is 0. The van der Waals surface area contributed by atoms with Crippen LogP contribution in [0.3, 0.4) is 0 Å². The molecular weight excluding hydrogens is 338 g/mol. The van der Waals surface area contributed by atoms with Gasteiger partial charge in [-0.25, -0.2) is 13.6 Å². The van der Waals surface area contributed by atoms with Crippen LogP contribution in [0.5, 0.6) is 5.75 Å². The lowest BCUT2D eigenvalue weighted by molar-refractivity contribution is 0.476. The van der Waals surface area contributed by atoms with Crippen LogP contribution in [-0.2, 0) is 10.0 Å². The maximum absolute atomic E-state index is 11.4. The Labute approximate surface area is 135 Å². The first-order valence-corrected chi connectivity index (χ1v) is 8.59. The molecule has 1 aromatic heterocycles. The lowest BCUT2D eigenvalue weighted by Crippen LogP contribution is -2.11. The third kappa shape index (κ3) is 3.13. The number of hydrogen-bond donors (Lipinski definition) is 3. The molecule has 23 heavy (non-hydrogen) atoms. The van der Waals surface area contributed by atoms with E-state index in [2.05, 4.69) is 14.6 Å². The second kappa shape index (κ2) is 5.57. The number of rotatable bonds is 3. The van der Waals surface area contributed by atoms with Gasteiger partial charge in [-0.1, -0.05) is 0 Å². The number of benzene rings is 2. The molecule has 1 heterocycles. The molecule has 0 aliphatic carbocycles.